The summed E-state index contributed by atoms with van der Waals surface area (Å²) in [5, 5.41) is 0. The first-order valence-electron chi connectivity index (χ1n) is 8.34. The molecule has 0 N–H and O–H groups in total. The Morgan fingerprint density at radius 1 is 1.17 bits per heavy atom. The number of ether oxygens (including phenoxy) is 1. The monoisotopic (exact) mass is 316 g/mol. The maximum atomic E-state index is 12.2. The molecule has 1 fully saturated rings. The zero-order valence-electron chi connectivity index (χ0n) is 13.7. The summed E-state index contributed by atoms with van der Waals surface area (Å²) in [6, 6.07) is 9.83. The summed E-state index contributed by atoms with van der Waals surface area (Å²) in [6.07, 6.45) is 3.32. The van der Waals surface area contributed by atoms with Crippen molar-refractivity contribution < 1.29 is 19.1 Å². The topological polar surface area (TPSA) is 60.4 Å². The highest BCUT2D eigenvalue weighted by Crippen LogP contribution is 2.40. The average Bonchev–Trinajstić information content (AvgIpc) is 2.94. The summed E-state index contributed by atoms with van der Waals surface area (Å²) in [4.78, 5) is 36.5. The fraction of sp³-hybridized carbons (Fsp3) is 0.526. The molecule has 0 spiro atoms. The van der Waals surface area contributed by atoms with Gasteiger partial charge in [0.15, 0.2) is 0 Å². The lowest BCUT2D eigenvalue weighted by Gasteiger charge is -2.24. The van der Waals surface area contributed by atoms with Crippen LogP contribution in [-0.2, 0) is 25.5 Å². The van der Waals surface area contributed by atoms with Gasteiger partial charge >= 0.3 is 5.97 Å². The molecule has 0 radical (unpaired) electrons. The van der Waals surface area contributed by atoms with Crippen LogP contribution in [0.15, 0.2) is 30.3 Å². The zero-order valence-corrected chi connectivity index (χ0v) is 13.7. The Kier molecular flexibility index (Phi) is 6.08. The highest BCUT2D eigenvalue weighted by Gasteiger charge is 2.49. The average molecular weight is 316 g/mol. The van der Waals surface area contributed by atoms with E-state index in [1.54, 1.807) is 6.92 Å². The standard InChI is InChI=1S/C19H24O4/c1-2-23-18(22)19(13-6-9-17(19)21)14-12-16(20)11-10-15-7-4-3-5-8-15/h3-5,7-8H,2,6,9-14H2,1H3. The minimum Gasteiger partial charge on any atom is -0.465 e. The highest BCUT2D eigenvalue weighted by molar-refractivity contribution is 6.05. The van der Waals surface area contributed by atoms with Crippen molar-refractivity contribution >= 4 is 17.5 Å². The van der Waals surface area contributed by atoms with Crippen molar-refractivity contribution in [2.24, 2.45) is 5.41 Å². The molecule has 0 aromatic heterocycles. The Hall–Kier alpha value is -1.97. The second-order valence-electron chi connectivity index (χ2n) is 6.10. The number of esters is 1. The van der Waals surface area contributed by atoms with Crippen LogP contribution in [0.1, 0.15) is 51.0 Å². The van der Waals surface area contributed by atoms with E-state index >= 15 is 0 Å². The van der Waals surface area contributed by atoms with Crippen molar-refractivity contribution in [1.29, 1.82) is 0 Å². The minimum atomic E-state index is -1.07. The van der Waals surface area contributed by atoms with Gasteiger partial charge in [0, 0.05) is 19.3 Å². The van der Waals surface area contributed by atoms with E-state index in [2.05, 4.69) is 0 Å². The van der Waals surface area contributed by atoms with Gasteiger partial charge in [0.2, 0.25) is 0 Å². The number of Topliss-reactive ketones (excluding diaryl/α,β-unsaturated/α-hetero) is 2. The number of hydrogen-bond donors (Lipinski definition) is 0. The first kappa shape index (κ1) is 17.4. The molecule has 0 heterocycles. The maximum absolute atomic E-state index is 12.2. The summed E-state index contributed by atoms with van der Waals surface area (Å²) in [5.74, 6) is -0.414. The van der Waals surface area contributed by atoms with Crippen LogP contribution in [0, 0.1) is 5.41 Å². The molecule has 4 heteroatoms. The molecule has 1 saturated carbocycles. The van der Waals surface area contributed by atoms with E-state index in [0.29, 0.717) is 32.1 Å². The highest BCUT2D eigenvalue weighted by atomic mass is 16.5. The molecule has 1 aromatic carbocycles. The van der Waals surface area contributed by atoms with Gasteiger partial charge in [0.25, 0.3) is 0 Å². The molecule has 0 bridgehead atoms. The van der Waals surface area contributed by atoms with Crippen molar-refractivity contribution in [2.75, 3.05) is 6.61 Å². The number of benzene rings is 1. The lowest BCUT2D eigenvalue weighted by Crippen LogP contribution is -2.37. The third kappa shape index (κ3) is 4.27. The molecule has 0 aliphatic heterocycles. The number of carbonyl (C=O) groups excluding carboxylic acids is 3. The summed E-state index contributed by atoms with van der Waals surface area (Å²) >= 11 is 0. The smallest absolute Gasteiger partial charge is 0.319 e. The van der Waals surface area contributed by atoms with Gasteiger partial charge in [-0.15, -0.1) is 0 Å². The van der Waals surface area contributed by atoms with Crippen LogP contribution in [0.5, 0.6) is 0 Å². The van der Waals surface area contributed by atoms with Crippen molar-refractivity contribution in [3.63, 3.8) is 0 Å². The molecule has 1 aliphatic carbocycles. The normalized spacial score (nSPS) is 20.5. The number of ketones is 2. The van der Waals surface area contributed by atoms with E-state index in [0.717, 1.165) is 5.56 Å². The zero-order chi connectivity index (χ0) is 16.7. The van der Waals surface area contributed by atoms with Crippen LogP contribution >= 0.6 is 0 Å². The third-order valence-electron chi connectivity index (χ3n) is 4.57. The first-order chi connectivity index (χ1) is 11.1. The van der Waals surface area contributed by atoms with E-state index in [9.17, 15) is 14.4 Å². The quantitative estimate of drug-likeness (QED) is 0.545. The lowest BCUT2D eigenvalue weighted by molar-refractivity contribution is -0.159. The Labute approximate surface area is 137 Å². The largest absolute Gasteiger partial charge is 0.465 e. The lowest BCUT2D eigenvalue weighted by atomic mass is 9.79. The van der Waals surface area contributed by atoms with Crippen LogP contribution < -0.4 is 0 Å². The Balaban J connectivity index is 1.89. The second-order valence-corrected chi connectivity index (χ2v) is 6.10. The summed E-state index contributed by atoms with van der Waals surface area (Å²) < 4.78 is 5.09. The number of rotatable bonds is 8. The van der Waals surface area contributed by atoms with Crippen molar-refractivity contribution in [2.45, 2.75) is 51.9 Å². The van der Waals surface area contributed by atoms with Crippen molar-refractivity contribution in [1.82, 2.24) is 0 Å². The molecule has 1 aliphatic rings. The van der Waals surface area contributed by atoms with E-state index < -0.39 is 11.4 Å². The van der Waals surface area contributed by atoms with Gasteiger partial charge in [-0.1, -0.05) is 30.3 Å². The molecule has 2 rings (SSSR count). The molecule has 0 amide bonds. The van der Waals surface area contributed by atoms with Gasteiger partial charge in [-0.05, 0) is 38.2 Å². The summed E-state index contributed by atoms with van der Waals surface area (Å²) in [5.41, 5.74) is 0.0520. The maximum Gasteiger partial charge on any atom is 0.319 e. The van der Waals surface area contributed by atoms with Crippen LogP contribution in [-0.4, -0.2) is 24.1 Å². The van der Waals surface area contributed by atoms with Crippen molar-refractivity contribution in [3.05, 3.63) is 35.9 Å². The SMILES string of the molecule is CCOC(=O)C1(CCC(=O)CCc2ccccc2)CCCC1=O. The Morgan fingerprint density at radius 2 is 1.91 bits per heavy atom. The first-order valence-corrected chi connectivity index (χ1v) is 8.34. The van der Waals surface area contributed by atoms with Crippen molar-refractivity contribution in [3.8, 4) is 0 Å². The fourth-order valence-electron chi connectivity index (χ4n) is 3.19. The fourth-order valence-corrected chi connectivity index (χ4v) is 3.19. The minimum absolute atomic E-state index is 0.0631. The van der Waals surface area contributed by atoms with Crippen LogP contribution in [0.3, 0.4) is 0 Å². The number of carbonyl (C=O) groups is 3. The van der Waals surface area contributed by atoms with Gasteiger partial charge in [-0.3, -0.25) is 14.4 Å². The summed E-state index contributed by atoms with van der Waals surface area (Å²) in [6.45, 7) is 1.99. The predicted molar refractivity (Wildman–Crippen MR) is 86.9 cm³/mol. The molecule has 124 valence electrons. The van der Waals surface area contributed by atoms with Crippen LogP contribution in [0.2, 0.25) is 0 Å². The van der Waals surface area contributed by atoms with Gasteiger partial charge in [-0.25, -0.2) is 0 Å². The van der Waals surface area contributed by atoms with Crippen LogP contribution in [0.25, 0.3) is 0 Å². The van der Waals surface area contributed by atoms with Gasteiger partial charge in [0.1, 0.15) is 17.0 Å². The molecule has 0 saturated heterocycles. The number of hydrogen-bond acceptors (Lipinski definition) is 4. The predicted octanol–water partition coefficient (Wildman–Crippen LogP) is 3.27. The van der Waals surface area contributed by atoms with Crippen LogP contribution in [0.4, 0.5) is 0 Å². The Morgan fingerprint density at radius 3 is 2.52 bits per heavy atom. The summed E-state index contributed by atoms with van der Waals surface area (Å²) in [7, 11) is 0. The van der Waals surface area contributed by atoms with Gasteiger partial charge in [0.05, 0.1) is 6.61 Å². The molecule has 1 unspecified atom stereocenters. The molecule has 1 atom stereocenters. The molecule has 1 aromatic rings. The third-order valence-corrected chi connectivity index (χ3v) is 4.57. The van der Waals surface area contributed by atoms with E-state index in [1.807, 2.05) is 30.3 Å². The molecular formula is C19H24O4. The number of aryl methyl sites for hydroxylation is 1. The van der Waals surface area contributed by atoms with E-state index in [-0.39, 0.29) is 31.0 Å². The molecule has 4 nitrogen and oxygen atoms in total. The Bertz CT molecular complexity index is 564. The van der Waals surface area contributed by atoms with E-state index in [4.69, 9.17) is 4.74 Å². The van der Waals surface area contributed by atoms with E-state index in [1.165, 1.54) is 0 Å². The molecule has 23 heavy (non-hydrogen) atoms. The van der Waals surface area contributed by atoms with Gasteiger partial charge in [-0.2, -0.15) is 0 Å². The van der Waals surface area contributed by atoms with Gasteiger partial charge < -0.3 is 4.74 Å². The second kappa shape index (κ2) is 8.04. The molecular weight excluding hydrogens is 292 g/mol.